The normalized spacial score (nSPS) is 30.4. The molecular weight excluding hydrogens is 276 g/mol. The van der Waals surface area contributed by atoms with Gasteiger partial charge in [0, 0.05) is 31.1 Å². The molecule has 1 aromatic heterocycles. The fourth-order valence-corrected chi connectivity index (χ4v) is 4.98. The number of piperidine rings is 1. The van der Waals surface area contributed by atoms with E-state index in [1.807, 2.05) is 12.1 Å². The number of nitrogens with zero attached hydrogens (tertiary/aromatic N) is 2. The summed E-state index contributed by atoms with van der Waals surface area (Å²) >= 11 is 0. The van der Waals surface area contributed by atoms with Gasteiger partial charge in [0.25, 0.3) is 0 Å². The average molecular weight is 296 g/mol. The first kappa shape index (κ1) is 13.8. The van der Waals surface area contributed by atoms with E-state index in [1.54, 1.807) is 23.6 Å². The molecule has 0 saturated carbocycles. The highest BCUT2D eigenvalue weighted by atomic mass is 32.2. The van der Waals surface area contributed by atoms with Crippen LogP contribution in [0.1, 0.15) is 32.6 Å². The number of hydrogen-bond donors (Lipinski definition) is 0. The Hall–Kier alpha value is -1.14. The third-order valence-corrected chi connectivity index (χ3v) is 6.21. The standard InChI is InChI=1S/C14H20N2O3S/c1-2-20(17,18)16-11-5-6-12(16)9-14(8-11)19-13-4-3-7-15-10-13/h3-4,7,10-12,14H,2,5-6,8-9H2,1H3. The molecular formula is C14H20N2O3S. The highest BCUT2D eigenvalue weighted by Gasteiger charge is 2.46. The second kappa shape index (κ2) is 5.33. The van der Waals surface area contributed by atoms with Gasteiger partial charge < -0.3 is 4.74 Å². The lowest BCUT2D eigenvalue weighted by molar-refractivity contribution is 0.0954. The summed E-state index contributed by atoms with van der Waals surface area (Å²) in [6, 6.07) is 3.96. The number of hydrogen-bond acceptors (Lipinski definition) is 4. The van der Waals surface area contributed by atoms with Crippen LogP contribution in [0.4, 0.5) is 0 Å². The monoisotopic (exact) mass is 296 g/mol. The van der Waals surface area contributed by atoms with E-state index < -0.39 is 10.0 Å². The molecule has 2 unspecified atom stereocenters. The van der Waals surface area contributed by atoms with Crippen LogP contribution in [0.2, 0.25) is 0 Å². The Labute approximate surface area is 120 Å². The minimum Gasteiger partial charge on any atom is -0.489 e. The zero-order valence-corrected chi connectivity index (χ0v) is 12.4. The maximum Gasteiger partial charge on any atom is 0.214 e. The number of aromatic nitrogens is 1. The summed E-state index contributed by atoms with van der Waals surface area (Å²) in [6.45, 7) is 1.72. The summed E-state index contributed by atoms with van der Waals surface area (Å²) in [5.41, 5.74) is 0. The quantitative estimate of drug-likeness (QED) is 0.850. The summed E-state index contributed by atoms with van der Waals surface area (Å²) < 4.78 is 32.0. The Morgan fingerprint density at radius 2 is 2.05 bits per heavy atom. The predicted octanol–water partition coefficient (Wildman–Crippen LogP) is 1.81. The van der Waals surface area contributed by atoms with E-state index in [2.05, 4.69) is 4.98 Å². The number of sulfonamides is 1. The van der Waals surface area contributed by atoms with E-state index in [4.69, 9.17) is 4.74 Å². The van der Waals surface area contributed by atoms with Crippen molar-refractivity contribution in [2.45, 2.75) is 50.8 Å². The van der Waals surface area contributed by atoms with Gasteiger partial charge in [-0.15, -0.1) is 0 Å². The highest BCUT2D eigenvalue weighted by molar-refractivity contribution is 7.89. The van der Waals surface area contributed by atoms with Gasteiger partial charge in [-0.3, -0.25) is 4.98 Å². The van der Waals surface area contributed by atoms with Crippen LogP contribution in [0.15, 0.2) is 24.5 Å². The summed E-state index contributed by atoms with van der Waals surface area (Å²) in [4.78, 5) is 4.04. The molecule has 2 aliphatic heterocycles. The summed E-state index contributed by atoms with van der Waals surface area (Å²) in [7, 11) is -3.09. The Morgan fingerprint density at radius 3 is 2.60 bits per heavy atom. The van der Waals surface area contributed by atoms with E-state index >= 15 is 0 Å². The van der Waals surface area contributed by atoms with Crippen molar-refractivity contribution >= 4 is 10.0 Å². The van der Waals surface area contributed by atoms with Gasteiger partial charge in [0.05, 0.1) is 11.9 Å². The highest BCUT2D eigenvalue weighted by Crippen LogP contribution is 2.39. The Morgan fingerprint density at radius 1 is 1.35 bits per heavy atom. The molecule has 0 amide bonds. The smallest absolute Gasteiger partial charge is 0.214 e. The fourth-order valence-electron chi connectivity index (χ4n) is 3.39. The van der Waals surface area contributed by atoms with Gasteiger partial charge in [-0.1, -0.05) is 0 Å². The summed E-state index contributed by atoms with van der Waals surface area (Å²) in [5.74, 6) is 0.956. The molecule has 0 radical (unpaired) electrons. The van der Waals surface area contributed by atoms with Crippen molar-refractivity contribution < 1.29 is 13.2 Å². The molecule has 3 rings (SSSR count). The molecule has 1 aromatic rings. The van der Waals surface area contributed by atoms with Gasteiger partial charge >= 0.3 is 0 Å². The molecule has 0 N–H and O–H groups in total. The zero-order chi connectivity index (χ0) is 14.2. The summed E-state index contributed by atoms with van der Waals surface area (Å²) in [6.07, 6.45) is 6.99. The third kappa shape index (κ3) is 2.54. The number of rotatable bonds is 4. The summed E-state index contributed by atoms with van der Waals surface area (Å²) in [5, 5.41) is 0. The van der Waals surface area contributed by atoms with Crippen molar-refractivity contribution in [1.82, 2.24) is 9.29 Å². The lowest BCUT2D eigenvalue weighted by Crippen LogP contribution is -2.49. The Kier molecular flexibility index (Phi) is 3.69. The SMILES string of the molecule is CCS(=O)(=O)N1C2CCC1CC(Oc1cccnc1)C2. The number of ether oxygens (including phenoxy) is 1. The van der Waals surface area contributed by atoms with Crippen LogP contribution in [0.5, 0.6) is 5.75 Å². The van der Waals surface area contributed by atoms with Crippen LogP contribution in [0, 0.1) is 0 Å². The molecule has 2 saturated heterocycles. The number of fused-ring (bicyclic) bond motifs is 2. The molecule has 6 heteroatoms. The van der Waals surface area contributed by atoms with E-state index in [1.165, 1.54) is 0 Å². The predicted molar refractivity (Wildman–Crippen MR) is 76.0 cm³/mol. The maximum atomic E-state index is 12.2. The molecule has 2 aliphatic rings. The van der Waals surface area contributed by atoms with Crippen LogP contribution in [-0.4, -0.2) is 41.6 Å². The van der Waals surface area contributed by atoms with Crippen LogP contribution in [0.3, 0.4) is 0 Å². The molecule has 110 valence electrons. The van der Waals surface area contributed by atoms with Crippen molar-refractivity contribution in [3.63, 3.8) is 0 Å². The average Bonchev–Trinajstić information content (AvgIpc) is 2.73. The van der Waals surface area contributed by atoms with Crippen LogP contribution < -0.4 is 4.74 Å². The molecule has 20 heavy (non-hydrogen) atoms. The molecule has 2 bridgehead atoms. The van der Waals surface area contributed by atoms with Crippen LogP contribution in [-0.2, 0) is 10.0 Å². The maximum absolute atomic E-state index is 12.2. The zero-order valence-electron chi connectivity index (χ0n) is 11.6. The van der Waals surface area contributed by atoms with Crippen molar-refractivity contribution in [2.75, 3.05) is 5.75 Å². The van der Waals surface area contributed by atoms with E-state index in [9.17, 15) is 8.42 Å². The van der Waals surface area contributed by atoms with Gasteiger partial charge in [0.1, 0.15) is 11.9 Å². The van der Waals surface area contributed by atoms with Gasteiger partial charge in [0.2, 0.25) is 10.0 Å². The van der Waals surface area contributed by atoms with E-state index in [-0.39, 0.29) is 23.9 Å². The van der Waals surface area contributed by atoms with Crippen molar-refractivity contribution in [2.24, 2.45) is 0 Å². The van der Waals surface area contributed by atoms with Crippen LogP contribution in [0.25, 0.3) is 0 Å². The van der Waals surface area contributed by atoms with Crippen molar-refractivity contribution in [3.8, 4) is 5.75 Å². The fraction of sp³-hybridized carbons (Fsp3) is 0.643. The topological polar surface area (TPSA) is 59.5 Å². The van der Waals surface area contributed by atoms with E-state index in [0.717, 1.165) is 31.4 Å². The van der Waals surface area contributed by atoms with Crippen molar-refractivity contribution in [3.05, 3.63) is 24.5 Å². The molecule has 5 nitrogen and oxygen atoms in total. The molecule has 3 heterocycles. The first-order valence-corrected chi connectivity index (χ1v) is 8.79. The molecule has 0 aliphatic carbocycles. The molecule has 0 spiro atoms. The first-order valence-electron chi connectivity index (χ1n) is 7.18. The third-order valence-electron chi connectivity index (χ3n) is 4.25. The second-order valence-corrected chi connectivity index (χ2v) is 7.68. The lowest BCUT2D eigenvalue weighted by Gasteiger charge is -2.37. The Balaban J connectivity index is 1.71. The molecule has 0 aromatic carbocycles. The number of pyridine rings is 1. The van der Waals surface area contributed by atoms with Crippen LogP contribution >= 0.6 is 0 Å². The minimum atomic E-state index is -3.09. The first-order chi connectivity index (χ1) is 9.60. The molecule has 2 atom stereocenters. The van der Waals surface area contributed by atoms with Gasteiger partial charge in [0.15, 0.2) is 0 Å². The van der Waals surface area contributed by atoms with Gasteiger partial charge in [-0.2, -0.15) is 4.31 Å². The lowest BCUT2D eigenvalue weighted by atomic mass is 10.0. The van der Waals surface area contributed by atoms with E-state index in [0.29, 0.717) is 0 Å². The second-order valence-electron chi connectivity index (χ2n) is 5.52. The van der Waals surface area contributed by atoms with Gasteiger partial charge in [-0.25, -0.2) is 8.42 Å². The van der Waals surface area contributed by atoms with Gasteiger partial charge in [-0.05, 0) is 31.9 Å². The molecule has 2 fully saturated rings. The Bertz CT molecular complexity index is 547. The van der Waals surface area contributed by atoms with Crippen molar-refractivity contribution in [1.29, 1.82) is 0 Å². The largest absolute Gasteiger partial charge is 0.489 e. The minimum absolute atomic E-state index is 0.0972.